The summed E-state index contributed by atoms with van der Waals surface area (Å²) in [5.41, 5.74) is -0.642. The molecule has 0 saturated carbocycles. The van der Waals surface area contributed by atoms with Crippen LogP contribution in [0.4, 0.5) is 4.79 Å². The highest BCUT2D eigenvalue weighted by Gasteiger charge is 2.39. The van der Waals surface area contributed by atoms with Crippen LogP contribution in [0.2, 0.25) is 0 Å². The largest absolute Gasteiger partial charge is 0.491 e. The molecule has 0 fully saturated rings. The minimum Gasteiger partial charge on any atom is -0.491 e. The van der Waals surface area contributed by atoms with Crippen LogP contribution in [0.5, 0.6) is 5.75 Å². The lowest BCUT2D eigenvalue weighted by Gasteiger charge is -2.44. The highest BCUT2D eigenvalue weighted by molar-refractivity contribution is 5.74. The SMILES string of the molecule is CC(C)(C)N(C(=O)O)C(C)(C)COc1ccc(C=O)cc1. The van der Waals surface area contributed by atoms with E-state index in [0.29, 0.717) is 11.3 Å². The van der Waals surface area contributed by atoms with Crippen LogP contribution in [0.3, 0.4) is 0 Å². The van der Waals surface area contributed by atoms with Crippen molar-refractivity contribution in [1.82, 2.24) is 4.90 Å². The van der Waals surface area contributed by atoms with Gasteiger partial charge < -0.3 is 9.84 Å². The molecule has 1 amide bonds. The van der Waals surface area contributed by atoms with Crippen LogP contribution < -0.4 is 4.74 Å². The lowest BCUT2D eigenvalue weighted by Crippen LogP contribution is -2.59. The minimum atomic E-state index is -0.979. The van der Waals surface area contributed by atoms with E-state index in [4.69, 9.17) is 4.74 Å². The third kappa shape index (κ3) is 4.48. The molecule has 0 saturated heterocycles. The van der Waals surface area contributed by atoms with E-state index >= 15 is 0 Å². The topological polar surface area (TPSA) is 66.8 Å². The molecule has 0 atom stereocenters. The maximum atomic E-state index is 11.5. The van der Waals surface area contributed by atoms with E-state index < -0.39 is 17.2 Å². The summed E-state index contributed by atoms with van der Waals surface area (Å²) in [6, 6.07) is 6.71. The van der Waals surface area contributed by atoms with Crippen molar-refractivity contribution >= 4 is 12.4 Å². The summed E-state index contributed by atoms with van der Waals surface area (Å²) in [5.74, 6) is 0.605. The molecule has 0 aliphatic heterocycles. The number of hydrogen-bond donors (Lipinski definition) is 1. The molecule has 1 aromatic rings. The summed E-state index contributed by atoms with van der Waals surface area (Å²) in [6.07, 6.45) is -0.216. The Labute approximate surface area is 125 Å². The van der Waals surface area contributed by atoms with Gasteiger partial charge in [0.25, 0.3) is 0 Å². The molecule has 1 rings (SSSR count). The summed E-state index contributed by atoms with van der Waals surface area (Å²) in [6.45, 7) is 9.42. The number of aldehydes is 1. The van der Waals surface area contributed by atoms with Crippen molar-refractivity contribution in [3.8, 4) is 5.75 Å². The van der Waals surface area contributed by atoms with Gasteiger partial charge in [0.15, 0.2) is 0 Å². The van der Waals surface area contributed by atoms with Gasteiger partial charge in [-0.15, -0.1) is 0 Å². The molecule has 5 nitrogen and oxygen atoms in total. The first-order valence-corrected chi connectivity index (χ1v) is 6.79. The number of carboxylic acid groups (broad SMARTS) is 1. The summed E-state index contributed by atoms with van der Waals surface area (Å²) in [4.78, 5) is 23.5. The van der Waals surface area contributed by atoms with E-state index in [0.717, 1.165) is 6.29 Å². The van der Waals surface area contributed by atoms with Crippen LogP contribution in [0.25, 0.3) is 0 Å². The highest BCUT2D eigenvalue weighted by atomic mass is 16.5. The van der Waals surface area contributed by atoms with Crippen molar-refractivity contribution in [3.05, 3.63) is 29.8 Å². The first-order valence-electron chi connectivity index (χ1n) is 6.79. The van der Waals surface area contributed by atoms with Crippen LogP contribution in [-0.4, -0.2) is 40.1 Å². The third-order valence-electron chi connectivity index (χ3n) is 3.08. The van der Waals surface area contributed by atoms with Gasteiger partial charge in [0.2, 0.25) is 0 Å². The van der Waals surface area contributed by atoms with Crippen molar-refractivity contribution in [2.75, 3.05) is 6.61 Å². The Bertz CT molecular complexity index is 500. The van der Waals surface area contributed by atoms with E-state index in [-0.39, 0.29) is 6.61 Å². The minimum absolute atomic E-state index is 0.219. The first kappa shape index (κ1) is 17.0. The van der Waals surface area contributed by atoms with Gasteiger partial charge in [-0.1, -0.05) is 0 Å². The molecule has 0 spiro atoms. The van der Waals surface area contributed by atoms with Gasteiger partial charge in [-0.2, -0.15) is 0 Å². The van der Waals surface area contributed by atoms with E-state index in [1.54, 1.807) is 24.3 Å². The third-order valence-corrected chi connectivity index (χ3v) is 3.08. The number of amides is 1. The zero-order valence-electron chi connectivity index (χ0n) is 13.2. The van der Waals surface area contributed by atoms with Gasteiger partial charge in [0, 0.05) is 11.1 Å². The van der Waals surface area contributed by atoms with Gasteiger partial charge in [0.1, 0.15) is 18.6 Å². The number of benzene rings is 1. The summed E-state index contributed by atoms with van der Waals surface area (Å²) >= 11 is 0. The maximum absolute atomic E-state index is 11.5. The number of ether oxygens (including phenoxy) is 1. The monoisotopic (exact) mass is 293 g/mol. The van der Waals surface area contributed by atoms with E-state index in [2.05, 4.69) is 0 Å². The molecule has 0 unspecified atom stereocenters. The van der Waals surface area contributed by atoms with Crippen molar-refractivity contribution in [2.24, 2.45) is 0 Å². The van der Waals surface area contributed by atoms with Crippen LogP contribution in [0.15, 0.2) is 24.3 Å². The summed E-state index contributed by atoms with van der Waals surface area (Å²) < 4.78 is 5.68. The Balaban J connectivity index is 2.82. The van der Waals surface area contributed by atoms with Crippen LogP contribution in [-0.2, 0) is 0 Å². The Morgan fingerprint density at radius 2 is 1.71 bits per heavy atom. The molecule has 5 heteroatoms. The smallest absolute Gasteiger partial charge is 0.408 e. The lowest BCUT2D eigenvalue weighted by molar-refractivity contribution is 0.00941. The van der Waals surface area contributed by atoms with Gasteiger partial charge >= 0.3 is 6.09 Å². The van der Waals surface area contributed by atoms with Gasteiger partial charge in [0.05, 0.1) is 5.54 Å². The van der Waals surface area contributed by atoms with Crippen LogP contribution in [0.1, 0.15) is 45.0 Å². The standard InChI is InChI=1S/C16H23NO4/c1-15(2,3)17(14(19)20)16(4,5)11-21-13-8-6-12(10-18)7-9-13/h6-10H,11H2,1-5H3,(H,19,20). The predicted octanol–water partition coefficient (Wildman–Crippen LogP) is 3.44. The van der Waals surface area contributed by atoms with Gasteiger partial charge in [-0.3, -0.25) is 9.69 Å². The van der Waals surface area contributed by atoms with Crippen LogP contribution >= 0.6 is 0 Å². The molecule has 21 heavy (non-hydrogen) atoms. The fourth-order valence-electron chi connectivity index (χ4n) is 2.42. The number of carbonyl (C=O) groups is 2. The van der Waals surface area contributed by atoms with E-state index in [1.807, 2.05) is 34.6 Å². The van der Waals surface area contributed by atoms with Crippen LogP contribution in [0, 0.1) is 0 Å². The quantitative estimate of drug-likeness (QED) is 0.844. The fourth-order valence-corrected chi connectivity index (χ4v) is 2.42. The Hall–Kier alpha value is -2.04. The average molecular weight is 293 g/mol. The number of rotatable bonds is 5. The molecule has 1 aromatic carbocycles. The average Bonchev–Trinajstić information content (AvgIpc) is 2.34. The lowest BCUT2D eigenvalue weighted by atomic mass is 9.96. The number of hydrogen-bond acceptors (Lipinski definition) is 3. The molecule has 116 valence electrons. The second-order valence-corrected chi connectivity index (χ2v) is 6.58. The normalized spacial score (nSPS) is 11.9. The molecule has 0 aromatic heterocycles. The Kier molecular flexibility index (Phi) is 4.99. The van der Waals surface area contributed by atoms with Crippen molar-refractivity contribution in [1.29, 1.82) is 0 Å². The molecule has 0 radical (unpaired) electrons. The Morgan fingerprint density at radius 3 is 2.10 bits per heavy atom. The predicted molar refractivity (Wildman–Crippen MR) is 81.0 cm³/mol. The molecule has 0 bridgehead atoms. The zero-order valence-corrected chi connectivity index (χ0v) is 13.2. The zero-order chi connectivity index (χ0) is 16.3. The summed E-state index contributed by atoms with van der Waals surface area (Å²) in [5, 5.41) is 9.44. The first-order chi connectivity index (χ1) is 9.58. The summed E-state index contributed by atoms with van der Waals surface area (Å²) in [7, 11) is 0. The molecule has 0 heterocycles. The molecule has 0 aliphatic carbocycles. The molecular formula is C16H23NO4. The second-order valence-electron chi connectivity index (χ2n) is 6.58. The van der Waals surface area contributed by atoms with Crippen molar-refractivity contribution < 1.29 is 19.4 Å². The van der Waals surface area contributed by atoms with E-state index in [1.165, 1.54) is 4.90 Å². The second kappa shape index (κ2) is 6.16. The Morgan fingerprint density at radius 1 is 1.19 bits per heavy atom. The number of nitrogens with zero attached hydrogens (tertiary/aromatic N) is 1. The highest BCUT2D eigenvalue weighted by Crippen LogP contribution is 2.26. The van der Waals surface area contributed by atoms with E-state index in [9.17, 15) is 14.7 Å². The molecular weight excluding hydrogens is 270 g/mol. The fraction of sp³-hybridized carbons (Fsp3) is 0.500. The maximum Gasteiger partial charge on any atom is 0.408 e. The molecule has 1 N–H and O–H groups in total. The van der Waals surface area contributed by atoms with Gasteiger partial charge in [-0.05, 0) is 58.9 Å². The molecule has 0 aliphatic rings. The number of carbonyl (C=O) groups excluding carboxylic acids is 1. The van der Waals surface area contributed by atoms with Gasteiger partial charge in [-0.25, -0.2) is 4.79 Å². The van der Waals surface area contributed by atoms with Crippen molar-refractivity contribution in [3.63, 3.8) is 0 Å². The van der Waals surface area contributed by atoms with Crippen molar-refractivity contribution in [2.45, 2.75) is 45.7 Å².